The molecule has 1 aliphatic heterocycles. The second kappa shape index (κ2) is 8.49. The van der Waals surface area contributed by atoms with Gasteiger partial charge < -0.3 is 14.1 Å². The molecule has 140 valence electrons. The number of ether oxygens (including phenoxy) is 1. The Kier molecular flexibility index (Phi) is 6.09. The topological polar surface area (TPSA) is 55.6 Å². The van der Waals surface area contributed by atoms with Crippen molar-refractivity contribution in [2.45, 2.75) is 52.1 Å². The van der Waals surface area contributed by atoms with Gasteiger partial charge in [0.2, 0.25) is 11.8 Å². The molecule has 1 aromatic carbocycles. The fraction of sp³-hybridized carbons (Fsp3) is 0.524. The summed E-state index contributed by atoms with van der Waals surface area (Å²) in [5.41, 5.74) is 2.79. The number of amides is 1. The van der Waals surface area contributed by atoms with E-state index in [0.29, 0.717) is 30.0 Å². The largest absolute Gasteiger partial charge is 0.441 e. The smallest absolute Gasteiger partial charge is 0.228 e. The molecule has 5 heteroatoms. The van der Waals surface area contributed by atoms with E-state index >= 15 is 0 Å². The predicted molar refractivity (Wildman–Crippen MR) is 101 cm³/mol. The van der Waals surface area contributed by atoms with Crippen LogP contribution in [-0.2, 0) is 16.0 Å². The number of rotatable bonds is 6. The summed E-state index contributed by atoms with van der Waals surface area (Å²) < 4.78 is 11.6. The second-order valence-electron chi connectivity index (χ2n) is 7.11. The van der Waals surface area contributed by atoms with E-state index in [1.165, 1.54) is 6.42 Å². The Morgan fingerprint density at radius 2 is 2.08 bits per heavy atom. The molecule has 2 heterocycles. The Morgan fingerprint density at radius 1 is 1.27 bits per heavy atom. The summed E-state index contributed by atoms with van der Waals surface area (Å²) in [6.07, 6.45) is 4.93. The van der Waals surface area contributed by atoms with Crippen LogP contribution in [0.3, 0.4) is 0 Å². The SMILES string of the molecule is Cc1ccccc1-c1nc(CC(=O)N(C)CCC2CCCCO2)c(C)o1. The first-order chi connectivity index (χ1) is 12.5. The van der Waals surface area contributed by atoms with E-state index in [-0.39, 0.29) is 12.3 Å². The molecule has 0 saturated carbocycles. The number of likely N-dealkylation sites (N-methyl/N-ethyl adjacent to an activating group) is 1. The lowest BCUT2D eigenvalue weighted by molar-refractivity contribution is -0.129. The van der Waals surface area contributed by atoms with Gasteiger partial charge in [0.05, 0.1) is 18.2 Å². The van der Waals surface area contributed by atoms with Gasteiger partial charge in [-0.25, -0.2) is 4.98 Å². The van der Waals surface area contributed by atoms with Crippen molar-refractivity contribution in [3.05, 3.63) is 41.3 Å². The highest BCUT2D eigenvalue weighted by Crippen LogP contribution is 2.25. The van der Waals surface area contributed by atoms with Crippen molar-refractivity contribution >= 4 is 5.91 Å². The standard InChI is InChI=1S/C21H28N2O3/c1-15-8-4-5-10-18(15)21-22-19(16(2)26-21)14-20(24)23(3)12-11-17-9-6-7-13-25-17/h4-5,8,10,17H,6-7,9,11-14H2,1-3H3. The molecule has 1 atom stereocenters. The van der Waals surface area contributed by atoms with E-state index < -0.39 is 0 Å². The van der Waals surface area contributed by atoms with E-state index in [0.717, 1.165) is 37.0 Å². The number of nitrogens with zero attached hydrogens (tertiary/aromatic N) is 2. The van der Waals surface area contributed by atoms with Crippen molar-refractivity contribution in [3.63, 3.8) is 0 Å². The van der Waals surface area contributed by atoms with Crippen LogP contribution >= 0.6 is 0 Å². The molecule has 1 aromatic heterocycles. The molecule has 0 spiro atoms. The van der Waals surface area contributed by atoms with Gasteiger partial charge in [0.25, 0.3) is 0 Å². The molecule has 0 radical (unpaired) electrons. The normalized spacial score (nSPS) is 17.3. The second-order valence-corrected chi connectivity index (χ2v) is 7.11. The lowest BCUT2D eigenvalue weighted by atomic mass is 10.1. The minimum Gasteiger partial charge on any atom is -0.441 e. The van der Waals surface area contributed by atoms with Gasteiger partial charge in [0.15, 0.2) is 0 Å². The zero-order valence-electron chi connectivity index (χ0n) is 16.0. The van der Waals surface area contributed by atoms with Gasteiger partial charge in [-0.3, -0.25) is 4.79 Å². The van der Waals surface area contributed by atoms with Crippen LogP contribution in [0.1, 0.15) is 42.7 Å². The van der Waals surface area contributed by atoms with Gasteiger partial charge in [-0.15, -0.1) is 0 Å². The van der Waals surface area contributed by atoms with Crippen LogP contribution in [0.25, 0.3) is 11.5 Å². The summed E-state index contributed by atoms with van der Waals surface area (Å²) in [7, 11) is 1.85. The van der Waals surface area contributed by atoms with Crippen LogP contribution in [0, 0.1) is 13.8 Å². The molecule has 0 N–H and O–H groups in total. The molecule has 3 rings (SSSR count). The van der Waals surface area contributed by atoms with E-state index in [2.05, 4.69) is 4.98 Å². The van der Waals surface area contributed by atoms with Crippen molar-refractivity contribution in [1.29, 1.82) is 0 Å². The summed E-state index contributed by atoms with van der Waals surface area (Å²) in [6.45, 7) is 5.46. The van der Waals surface area contributed by atoms with Crippen molar-refractivity contribution in [2.24, 2.45) is 0 Å². The monoisotopic (exact) mass is 356 g/mol. The van der Waals surface area contributed by atoms with Crippen LogP contribution in [-0.4, -0.2) is 42.1 Å². The Bertz CT molecular complexity index is 747. The highest BCUT2D eigenvalue weighted by atomic mass is 16.5. The van der Waals surface area contributed by atoms with Gasteiger partial charge in [-0.1, -0.05) is 18.2 Å². The molecular formula is C21H28N2O3. The minimum atomic E-state index is 0.0635. The first-order valence-corrected chi connectivity index (χ1v) is 9.42. The predicted octanol–water partition coefficient (Wildman–Crippen LogP) is 3.92. The number of aromatic nitrogens is 1. The molecule has 1 amide bonds. The molecule has 1 fully saturated rings. The van der Waals surface area contributed by atoms with Gasteiger partial charge >= 0.3 is 0 Å². The van der Waals surface area contributed by atoms with E-state index in [1.807, 2.05) is 45.2 Å². The fourth-order valence-electron chi connectivity index (χ4n) is 3.30. The molecular weight excluding hydrogens is 328 g/mol. The summed E-state index contributed by atoms with van der Waals surface area (Å²) in [5.74, 6) is 1.36. The molecule has 1 unspecified atom stereocenters. The summed E-state index contributed by atoms with van der Waals surface area (Å²) in [6, 6.07) is 7.97. The lowest BCUT2D eigenvalue weighted by Crippen LogP contribution is -2.32. The zero-order chi connectivity index (χ0) is 18.5. The number of hydrogen-bond donors (Lipinski definition) is 0. The first-order valence-electron chi connectivity index (χ1n) is 9.42. The number of hydrogen-bond acceptors (Lipinski definition) is 4. The van der Waals surface area contributed by atoms with Crippen molar-refractivity contribution < 1.29 is 13.9 Å². The number of oxazole rings is 1. The fourth-order valence-corrected chi connectivity index (χ4v) is 3.30. The number of benzene rings is 1. The van der Waals surface area contributed by atoms with Gasteiger partial charge in [0, 0.05) is 25.8 Å². The Morgan fingerprint density at radius 3 is 2.81 bits per heavy atom. The third kappa shape index (κ3) is 4.52. The molecule has 0 aliphatic carbocycles. The van der Waals surface area contributed by atoms with Crippen molar-refractivity contribution in [3.8, 4) is 11.5 Å². The first kappa shape index (κ1) is 18.6. The third-order valence-corrected chi connectivity index (χ3v) is 5.07. The van der Waals surface area contributed by atoms with Gasteiger partial charge in [0.1, 0.15) is 5.76 Å². The number of carbonyl (C=O) groups excluding carboxylic acids is 1. The van der Waals surface area contributed by atoms with Gasteiger partial charge in [-0.2, -0.15) is 0 Å². The Hall–Kier alpha value is -2.14. The van der Waals surface area contributed by atoms with E-state index in [9.17, 15) is 4.79 Å². The third-order valence-electron chi connectivity index (χ3n) is 5.07. The lowest BCUT2D eigenvalue weighted by Gasteiger charge is -2.25. The highest BCUT2D eigenvalue weighted by Gasteiger charge is 2.19. The maximum atomic E-state index is 12.6. The quantitative estimate of drug-likeness (QED) is 0.787. The van der Waals surface area contributed by atoms with E-state index in [1.54, 1.807) is 4.90 Å². The van der Waals surface area contributed by atoms with Crippen LogP contribution in [0.4, 0.5) is 0 Å². The average Bonchev–Trinajstić information content (AvgIpc) is 3.01. The van der Waals surface area contributed by atoms with Crippen LogP contribution in [0.5, 0.6) is 0 Å². The minimum absolute atomic E-state index is 0.0635. The van der Waals surface area contributed by atoms with Crippen LogP contribution in [0.15, 0.2) is 28.7 Å². The summed E-state index contributed by atoms with van der Waals surface area (Å²) in [4.78, 5) is 18.9. The van der Waals surface area contributed by atoms with Crippen molar-refractivity contribution in [1.82, 2.24) is 9.88 Å². The molecule has 26 heavy (non-hydrogen) atoms. The molecule has 5 nitrogen and oxygen atoms in total. The Balaban J connectivity index is 1.59. The molecule has 1 saturated heterocycles. The van der Waals surface area contributed by atoms with E-state index in [4.69, 9.17) is 9.15 Å². The average molecular weight is 356 g/mol. The van der Waals surface area contributed by atoms with Gasteiger partial charge in [-0.05, 0) is 51.2 Å². The summed E-state index contributed by atoms with van der Waals surface area (Å²) >= 11 is 0. The molecule has 2 aromatic rings. The maximum Gasteiger partial charge on any atom is 0.228 e. The van der Waals surface area contributed by atoms with Crippen molar-refractivity contribution in [2.75, 3.05) is 20.2 Å². The zero-order valence-corrected chi connectivity index (χ0v) is 16.0. The molecule has 0 bridgehead atoms. The Labute approximate surface area is 155 Å². The van der Waals surface area contributed by atoms with Crippen LogP contribution in [0.2, 0.25) is 0 Å². The number of carbonyl (C=O) groups is 1. The molecule has 1 aliphatic rings. The van der Waals surface area contributed by atoms with Crippen LogP contribution < -0.4 is 0 Å². The highest BCUT2D eigenvalue weighted by molar-refractivity contribution is 5.78. The number of aryl methyl sites for hydroxylation is 2. The maximum absolute atomic E-state index is 12.6. The summed E-state index contributed by atoms with van der Waals surface area (Å²) in [5, 5.41) is 0.